The minimum atomic E-state index is 0.0724. The summed E-state index contributed by atoms with van der Waals surface area (Å²) < 4.78 is 0. The van der Waals surface area contributed by atoms with Gasteiger partial charge in [-0.3, -0.25) is 4.79 Å². The smallest absolute Gasteiger partial charge is 0.234 e. The lowest BCUT2D eigenvalue weighted by atomic mass is 10.4. The highest BCUT2D eigenvalue weighted by Crippen LogP contribution is 1.78. The molecule has 2 N–H and O–H groups in total. The molecule has 0 saturated carbocycles. The molecule has 0 heterocycles. The van der Waals surface area contributed by atoms with Gasteiger partial charge in [0.2, 0.25) is 5.91 Å². The molecule has 0 unspecified atom stereocenters. The topological polar surface area (TPSA) is 44.4 Å². The summed E-state index contributed by atoms with van der Waals surface area (Å²) in [4.78, 5) is 13.4. The molecule has 0 aliphatic rings. The Kier molecular flexibility index (Phi) is 7.42. The molecule has 0 saturated heterocycles. The Morgan fingerprint density at radius 2 is 2.07 bits per heavy atom. The van der Waals surface area contributed by atoms with Crippen LogP contribution in [0.5, 0.6) is 0 Å². The molecule has 0 fully saturated rings. The van der Waals surface area contributed by atoms with Gasteiger partial charge < -0.3 is 15.5 Å². The van der Waals surface area contributed by atoms with E-state index in [1.807, 2.05) is 20.9 Å². The molecule has 0 aromatic rings. The lowest BCUT2D eigenvalue weighted by Crippen LogP contribution is -2.39. The Labute approximate surface area is 87.0 Å². The molecule has 0 radical (unpaired) electrons. The van der Waals surface area contributed by atoms with Crippen molar-refractivity contribution in [2.75, 3.05) is 33.2 Å². The first-order chi connectivity index (χ1) is 6.56. The van der Waals surface area contributed by atoms with Gasteiger partial charge in [-0.2, -0.15) is 0 Å². The maximum atomic E-state index is 11.2. The van der Waals surface area contributed by atoms with Gasteiger partial charge in [0, 0.05) is 19.1 Å². The van der Waals surface area contributed by atoms with Crippen LogP contribution >= 0.6 is 0 Å². The van der Waals surface area contributed by atoms with Crippen LogP contribution in [0.2, 0.25) is 0 Å². The van der Waals surface area contributed by atoms with Crippen molar-refractivity contribution in [3.8, 4) is 0 Å². The van der Waals surface area contributed by atoms with Crippen molar-refractivity contribution in [1.82, 2.24) is 15.5 Å². The average Bonchev–Trinajstić information content (AvgIpc) is 2.14. The zero-order valence-corrected chi connectivity index (χ0v) is 9.76. The van der Waals surface area contributed by atoms with Crippen molar-refractivity contribution >= 4 is 5.91 Å². The molecule has 0 aliphatic carbocycles. The Hall–Kier alpha value is -0.610. The largest absolute Gasteiger partial charge is 0.354 e. The molecule has 0 spiro atoms. The summed E-state index contributed by atoms with van der Waals surface area (Å²) in [6, 6.07) is 0.360. The second-order valence-corrected chi connectivity index (χ2v) is 3.78. The number of carbonyl (C=O) groups excluding carboxylic acids is 1. The van der Waals surface area contributed by atoms with Crippen LogP contribution in [0.15, 0.2) is 0 Å². The fourth-order valence-electron chi connectivity index (χ4n) is 0.904. The molecule has 1 amide bonds. The lowest BCUT2D eigenvalue weighted by Gasteiger charge is -2.14. The quantitative estimate of drug-likeness (QED) is 0.612. The van der Waals surface area contributed by atoms with Crippen molar-refractivity contribution in [2.45, 2.75) is 26.8 Å². The molecule has 0 rings (SSSR count). The molecular formula is C10H23N3O. The molecule has 0 aromatic heterocycles. The van der Waals surface area contributed by atoms with Gasteiger partial charge in [0.15, 0.2) is 0 Å². The Bertz CT molecular complexity index is 159. The van der Waals surface area contributed by atoms with Crippen molar-refractivity contribution in [1.29, 1.82) is 0 Å². The second kappa shape index (κ2) is 7.76. The number of nitrogens with zero attached hydrogens (tertiary/aromatic N) is 1. The number of hydrogen-bond acceptors (Lipinski definition) is 3. The van der Waals surface area contributed by atoms with Crippen molar-refractivity contribution in [2.24, 2.45) is 0 Å². The summed E-state index contributed by atoms with van der Waals surface area (Å²) >= 11 is 0. The average molecular weight is 201 g/mol. The zero-order chi connectivity index (χ0) is 11.0. The summed E-state index contributed by atoms with van der Waals surface area (Å²) in [5.74, 6) is 0.0724. The normalized spacial score (nSPS) is 11.0. The Balaban J connectivity index is 3.35. The highest BCUT2D eigenvalue weighted by atomic mass is 16.1. The number of nitrogens with one attached hydrogen (secondary N) is 2. The van der Waals surface area contributed by atoms with E-state index in [4.69, 9.17) is 0 Å². The molecule has 0 bridgehead atoms. The first-order valence-electron chi connectivity index (χ1n) is 5.24. The summed E-state index contributed by atoms with van der Waals surface area (Å²) in [6.07, 6.45) is 0. The Morgan fingerprint density at radius 1 is 1.43 bits per heavy atom. The second-order valence-electron chi connectivity index (χ2n) is 3.78. The lowest BCUT2D eigenvalue weighted by molar-refractivity contribution is -0.120. The van der Waals surface area contributed by atoms with E-state index in [9.17, 15) is 4.79 Å². The van der Waals surface area contributed by atoms with Gasteiger partial charge in [-0.15, -0.1) is 0 Å². The monoisotopic (exact) mass is 201 g/mol. The van der Waals surface area contributed by atoms with Crippen LogP contribution in [0.3, 0.4) is 0 Å². The van der Waals surface area contributed by atoms with E-state index in [-0.39, 0.29) is 5.91 Å². The Morgan fingerprint density at radius 3 is 2.57 bits per heavy atom. The highest BCUT2D eigenvalue weighted by molar-refractivity contribution is 5.77. The molecule has 84 valence electrons. The van der Waals surface area contributed by atoms with E-state index in [0.717, 1.165) is 19.6 Å². The minimum Gasteiger partial charge on any atom is -0.354 e. The van der Waals surface area contributed by atoms with E-state index in [1.165, 1.54) is 0 Å². The van der Waals surface area contributed by atoms with Crippen LogP contribution in [0.1, 0.15) is 20.8 Å². The van der Waals surface area contributed by atoms with Gasteiger partial charge in [-0.05, 0) is 13.6 Å². The standard InChI is InChI=1S/C10H23N3O/c1-5-13(4)7-6-11-10(14)8-12-9(2)3/h9,12H,5-8H2,1-4H3,(H,11,14). The highest BCUT2D eigenvalue weighted by Gasteiger charge is 2.01. The van der Waals surface area contributed by atoms with Gasteiger partial charge in [0.25, 0.3) is 0 Å². The third-order valence-corrected chi connectivity index (χ3v) is 2.03. The van der Waals surface area contributed by atoms with Crippen LogP contribution in [0, 0.1) is 0 Å². The van der Waals surface area contributed by atoms with Crippen molar-refractivity contribution in [3.05, 3.63) is 0 Å². The van der Waals surface area contributed by atoms with Gasteiger partial charge in [-0.1, -0.05) is 20.8 Å². The van der Waals surface area contributed by atoms with E-state index in [2.05, 4.69) is 22.5 Å². The van der Waals surface area contributed by atoms with Gasteiger partial charge in [-0.25, -0.2) is 0 Å². The number of amides is 1. The number of likely N-dealkylation sites (N-methyl/N-ethyl adjacent to an activating group) is 1. The predicted molar refractivity (Wildman–Crippen MR) is 59.3 cm³/mol. The molecule has 0 atom stereocenters. The zero-order valence-electron chi connectivity index (χ0n) is 9.76. The van der Waals surface area contributed by atoms with Gasteiger partial charge in [0.05, 0.1) is 6.54 Å². The van der Waals surface area contributed by atoms with Crippen LogP contribution in [0.25, 0.3) is 0 Å². The SMILES string of the molecule is CCN(C)CCNC(=O)CNC(C)C. The first-order valence-corrected chi connectivity index (χ1v) is 5.24. The minimum absolute atomic E-state index is 0.0724. The molecule has 14 heavy (non-hydrogen) atoms. The van der Waals surface area contributed by atoms with E-state index in [0.29, 0.717) is 12.6 Å². The number of carbonyl (C=O) groups is 1. The third kappa shape index (κ3) is 8.01. The van der Waals surface area contributed by atoms with E-state index in [1.54, 1.807) is 0 Å². The van der Waals surface area contributed by atoms with E-state index < -0.39 is 0 Å². The molecule has 0 aliphatic heterocycles. The summed E-state index contributed by atoms with van der Waals surface area (Å²) in [7, 11) is 2.04. The third-order valence-electron chi connectivity index (χ3n) is 2.03. The molecule has 0 aromatic carbocycles. The van der Waals surface area contributed by atoms with Crippen LogP contribution in [-0.4, -0.2) is 50.1 Å². The van der Waals surface area contributed by atoms with Crippen molar-refractivity contribution < 1.29 is 4.79 Å². The van der Waals surface area contributed by atoms with Gasteiger partial charge in [0.1, 0.15) is 0 Å². The fourth-order valence-corrected chi connectivity index (χ4v) is 0.904. The van der Waals surface area contributed by atoms with E-state index >= 15 is 0 Å². The van der Waals surface area contributed by atoms with Crippen LogP contribution < -0.4 is 10.6 Å². The van der Waals surface area contributed by atoms with Gasteiger partial charge >= 0.3 is 0 Å². The van der Waals surface area contributed by atoms with Crippen LogP contribution in [0.4, 0.5) is 0 Å². The van der Waals surface area contributed by atoms with Crippen molar-refractivity contribution in [3.63, 3.8) is 0 Å². The molecular weight excluding hydrogens is 178 g/mol. The molecule has 4 nitrogen and oxygen atoms in total. The maximum Gasteiger partial charge on any atom is 0.234 e. The summed E-state index contributed by atoms with van der Waals surface area (Å²) in [5.41, 5.74) is 0. The number of hydrogen-bond donors (Lipinski definition) is 2. The number of rotatable bonds is 7. The van der Waals surface area contributed by atoms with Crippen LogP contribution in [-0.2, 0) is 4.79 Å². The predicted octanol–water partition coefficient (Wildman–Crippen LogP) is 0.0523. The maximum absolute atomic E-state index is 11.2. The molecule has 4 heteroatoms. The fraction of sp³-hybridized carbons (Fsp3) is 0.900. The first kappa shape index (κ1) is 13.4. The summed E-state index contributed by atoms with van der Waals surface area (Å²) in [6.45, 7) is 9.21. The summed E-state index contributed by atoms with van der Waals surface area (Å²) in [5, 5.41) is 5.93.